The normalized spacial score (nSPS) is 15.4. The molecule has 0 aromatic carbocycles. The van der Waals surface area contributed by atoms with Gasteiger partial charge in [0.25, 0.3) is 0 Å². The first-order valence-corrected chi connectivity index (χ1v) is 5.53. The molecule has 0 aromatic rings. The third-order valence-electron chi connectivity index (χ3n) is 1.26. The van der Waals surface area contributed by atoms with Gasteiger partial charge in [0.15, 0.2) is 0 Å². The lowest BCUT2D eigenvalue weighted by molar-refractivity contribution is 0.823. The quantitative estimate of drug-likeness (QED) is 0.442. The molecule has 0 rings (SSSR count). The molecule has 2 N–H and O–H groups in total. The summed E-state index contributed by atoms with van der Waals surface area (Å²) in [5.41, 5.74) is 5.57. The summed E-state index contributed by atoms with van der Waals surface area (Å²) in [5.74, 6) is 0. The maximum absolute atomic E-state index is 5.57. The Kier molecular flexibility index (Phi) is 5.43. The lowest BCUT2D eigenvalue weighted by atomic mass is 10.4. The van der Waals surface area contributed by atoms with Crippen LogP contribution in [0.1, 0.15) is 20.3 Å². The highest BCUT2D eigenvalue weighted by Crippen LogP contribution is 1.92. The zero-order chi connectivity index (χ0) is 6.41. The molecule has 0 bridgehead atoms. The van der Waals surface area contributed by atoms with Crippen LogP contribution in [0.2, 0.25) is 12.1 Å². The van der Waals surface area contributed by atoms with E-state index in [4.69, 9.17) is 5.73 Å². The zero-order valence-corrected chi connectivity index (χ0v) is 7.40. The Balaban J connectivity index is 2.72. The molecule has 0 aromatic heterocycles. The fourth-order valence-corrected chi connectivity index (χ4v) is 2.15. The molecule has 8 heavy (non-hydrogen) atoms. The fourth-order valence-electron chi connectivity index (χ4n) is 0.716. The van der Waals surface area contributed by atoms with Crippen molar-refractivity contribution >= 4 is 9.52 Å². The monoisotopic (exact) mass is 131 g/mol. The summed E-state index contributed by atoms with van der Waals surface area (Å²) >= 11 is 0. The van der Waals surface area contributed by atoms with Crippen molar-refractivity contribution in [3.05, 3.63) is 0 Å². The van der Waals surface area contributed by atoms with Crippen LogP contribution in [0.3, 0.4) is 0 Å². The highest BCUT2D eigenvalue weighted by molar-refractivity contribution is 6.35. The van der Waals surface area contributed by atoms with Gasteiger partial charge in [-0.25, -0.2) is 0 Å². The smallest absolute Gasteiger partial charge is 0.0215 e. The van der Waals surface area contributed by atoms with Crippen molar-refractivity contribution in [3.63, 3.8) is 0 Å². The highest BCUT2D eigenvalue weighted by Gasteiger charge is 1.91. The molecule has 0 saturated heterocycles. The molecular formula is C6H17NSi. The number of hydrogen-bond acceptors (Lipinski definition) is 1. The van der Waals surface area contributed by atoms with E-state index in [1.807, 2.05) is 0 Å². The van der Waals surface area contributed by atoms with Crippen LogP contribution in [0.15, 0.2) is 0 Å². The van der Waals surface area contributed by atoms with Gasteiger partial charge >= 0.3 is 0 Å². The average Bonchev–Trinajstić information content (AvgIpc) is 1.66. The first-order valence-electron chi connectivity index (χ1n) is 3.53. The molecule has 0 aliphatic rings. The van der Waals surface area contributed by atoms with Gasteiger partial charge in [-0.2, -0.15) is 0 Å². The van der Waals surface area contributed by atoms with Crippen LogP contribution in [0, 0.1) is 0 Å². The van der Waals surface area contributed by atoms with E-state index >= 15 is 0 Å². The van der Waals surface area contributed by atoms with Crippen molar-refractivity contribution in [1.29, 1.82) is 0 Å². The van der Waals surface area contributed by atoms with Crippen LogP contribution in [0.4, 0.5) is 0 Å². The van der Waals surface area contributed by atoms with Crippen molar-refractivity contribution in [1.82, 2.24) is 0 Å². The molecular weight excluding hydrogens is 114 g/mol. The van der Waals surface area contributed by atoms with E-state index in [-0.39, 0.29) is 9.52 Å². The highest BCUT2D eigenvalue weighted by atomic mass is 28.2. The number of hydrogen-bond donors (Lipinski definition) is 1. The molecule has 0 aliphatic heterocycles. The summed E-state index contributed by atoms with van der Waals surface area (Å²) in [7, 11) is 0.239. The van der Waals surface area contributed by atoms with Crippen molar-refractivity contribution in [2.75, 3.05) is 0 Å². The lowest BCUT2D eigenvalue weighted by Crippen LogP contribution is -2.16. The first kappa shape index (κ1) is 8.18. The topological polar surface area (TPSA) is 26.0 Å². The Hall–Kier alpha value is 0.177. The molecule has 1 nitrogen and oxygen atoms in total. The van der Waals surface area contributed by atoms with Gasteiger partial charge in [0.05, 0.1) is 0 Å². The van der Waals surface area contributed by atoms with Crippen LogP contribution >= 0.6 is 0 Å². The van der Waals surface area contributed by atoms with E-state index in [0.29, 0.717) is 6.04 Å². The molecule has 0 saturated carbocycles. The standard InChI is InChI=1S/C6H17NSi/c1-3-4-8-5-6(2)7/h6H,3-5,7-8H2,1-2H3. The Morgan fingerprint density at radius 2 is 2.25 bits per heavy atom. The Morgan fingerprint density at radius 1 is 1.62 bits per heavy atom. The van der Waals surface area contributed by atoms with Gasteiger partial charge < -0.3 is 5.73 Å². The summed E-state index contributed by atoms with van der Waals surface area (Å²) in [5, 5.41) is 0. The zero-order valence-electron chi connectivity index (χ0n) is 5.98. The van der Waals surface area contributed by atoms with Crippen molar-refractivity contribution in [2.24, 2.45) is 5.73 Å². The predicted molar refractivity (Wildman–Crippen MR) is 42.1 cm³/mol. The van der Waals surface area contributed by atoms with Gasteiger partial charge in [-0.15, -0.1) is 0 Å². The second-order valence-electron chi connectivity index (χ2n) is 2.47. The molecule has 0 heterocycles. The summed E-state index contributed by atoms with van der Waals surface area (Å²) in [6.45, 7) is 4.34. The van der Waals surface area contributed by atoms with Crippen LogP contribution in [0.25, 0.3) is 0 Å². The van der Waals surface area contributed by atoms with Gasteiger partial charge in [-0.3, -0.25) is 0 Å². The second kappa shape index (κ2) is 5.32. The second-order valence-corrected chi connectivity index (χ2v) is 4.46. The van der Waals surface area contributed by atoms with Crippen molar-refractivity contribution in [3.8, 4) is 0 Å². The van der Waals surface area contributed by atoms with Crippen LogP contribution in [-0.4, -0.2) is 15.6 Å². The number of rotatable bonds is 4. The number of nitrogens with two attached hydrogens (primary N) is 1. The van der Waals surface area contributed by atoms with Crippen LogP contribution in [-0.2, 0) is 0 Å². The van der Waals surface area contributed by atoms with E-state index < -0.39 is 0 Å². The molecule has 0 fully saturated rings. The Bertz CT molecular complexity index is 45.8. The van der Waals surface area contributed by atoms with E-state index in [1.54, 1.807) is 0 Å². The van der Waals surface area contributed by atoms with E-state index in [9.17, 15) is 0 Å². The minimum Gasteiger partial charge on any atom is -0.328 e. The maximum atomic E-state index is 5.57. The first-order chi connectivity index (χ1) is 3.77. The van der Waals surface area contributed by atoms with Gasteiger partial charge in [0, 0.05) is 9.52 Å². The molecule has 0 spiro atoms. The average molecular weight is 131 g/mol. The molecule has 1 unspecified atom stereocenters. The van der Waals surface area contributed by atoms with Crippen molar-refractivity contribution < 1.29 is 0 Å². The van der Waals surface area contributed by atoms with Crippen LogP contribution in [0.5, 0.6) is 0 Å². The van der Waals surface area contributed by atoms with Gasteiger partial charge in [-0.05, 0) is 12.1 Å². The summed E-state index contributed by atoms with van der Waals surface area (Å²) in [6, 6.07) is 3.27. The molecule has 1 atom stereocenters. The van der Waals surface area contributed by atoms with E-state index in [2.05, 4.69) is 13.8 Å². The van der Waals surface area contributed by atoms with Crippen LogP contribution < -0.4 is 5.73 Å². The SMILES string of the molecule is CCC[SiH2]CC(C)N. The maximum Gasteiger partial charge on any atom is 0.0215 e. The Labute approximate surface area is 54.5 Å². The Morgan fingerprint density at radius 3 is 2.62 bits per heavy atom. The van der Waals surface area contributed by atoms with Gasteiger partial charge in [0.1, 0.15) is 0 Å². The molecule has 0 radical (unpaired) electrons. The van der Waals surface area contributed by atoms with Gasteiger partial charge in [-0.1, -0.05) is 26.3 Å². The van der Waals surface area contributed by atoms with Crippen molar-refractivity contribution in [2.45, 2.75) is 38.4 Å². The fraction of sp³-hybridized carbons (Fsp3) is 1.00. The molecule has 0 amide bonds. The lowest BCUT2D eigenvalue weighted by Gasteiger charge is -2.00. The third kappa shape index (κ3) is 6.18. The summed E-state index contributed by atoms with van der Waals surface area (Å²) < 4.78 is 0. The van der Waals surface area contributed by atoms with E-state index in [0.717, 1.165) is 0 Å². The van der Waals surface area contributed by atoms with Gasteiger partial charge in [0.2, 0.25) is 0 Å². The minimum absolute atomic E-state index is 0.239. The molecule has 2 heteroatoms. The summed E-state index contributed by atoms with van der Waals surface area (Å²) in [4.78, 5) is 0. The predicted octanol–water partition coefficient (Wildman–Crippen LogP) is 0.749. The largest absolute Gasteiger partial charge is 0.328 e. The molecule has 0 aliphatic carbocycles. The third-order valence-corrected chi connectivity index (χ3v) is 3.79. The summed E-state index contributed by atoms with van der Waals surface area (Å²) in [6.07, 6.45) is 1.36. The minimum atomic E-state index is 0.239. The van der Waals surface area contributed by atoms with E-state index in [1.165, 1.54) is 18.5 Å². The molecule has 50 valence electrons.